The summed E-state index contributed by atoms with van der Waals surface area (Å²) in [6.45, 7) is 1.98. The van der Waals surface area contributed by atoms with Gasteiger partial charge in [-0.25, -0.2) is 9.97 Å². The van der Waals surface area contributed by atoms with E-state index in [9.17, 15) is 9.90 Å². The third-order valence-electron chi connectivity index (χ3n) is 3.12. The molecule has 2 rings (SSSR count). The van der Waals surface area contributed by atoms with Gasteiger partial charge in [0.2, 0.25) is 0 Å². The van der Waals surface area contributed by atoms with Gasteiger partial charge in [0.15, 0.2) is 0 Å². The Morgan fingerprint density at radius 3 is 2.60 bits per heavy atom. The van der Waals surface area contributed by atoms with Crippen LogP contribution in [0.25, 0.3) is 0 Å². The van der Waals surface area contributed by atoms with Crippen LogP contribution in [-0.2, 0) is 17.6 Å². The van der Waals surface area contributed by atoms with Crippen molar-refractivity contribution in [1.82, 2.24) is 9.97 Å². The average molecular weight is 335 g/mol. The minimum atomic E-state index is -0.867. The van der Waals surface area contributed by atoms with Crippen molar-refractivity contribution in [1.29, 1.82) is 0 Å². The van der Waals surface area contributed by atoms with Gasteiger partial charge in [0.25, 0.3) is 0 Å². The molecule has 0 amide bonds. The van der Waals surface area contributed by atoms with Crippen LogP contribution in [-0.4, -0.2) is 21.0 Å². The van der Waals surface area contributed by atoms with Crippen LogP contribution >= 0.6 is 15.9 Å². The van der Waals surface area contributed by atoms with Crippen LogP contribution in [0.4, 0.5) is 0 Å². The topological polar surface area (TPSA) is 63.1 Å². The maximum atomic E-state index is 11.5. The number of hydrogen-bond acceptors (Lipinski definition) is 3. The molecule has 1 unspecified atom stereocenters. The second kappa shape index (κ2) is 6.61. The van der Waals surface area contributed by atoms with E-state index in [1.807, 2.05) is 31.2 Å². The van der Waals surface area contributed by atoms with Gasteiger partial charge in [0.05, 0.1) is 5.69 Å². The molecular weight excluding hydrogens is 320 g/mol. The molecule has 0 aliphatic heterocycles. The first-order valence-corrected chi connectivity index (χ1v) is 7.17. The van der Waals surface area contributed by atoms with Gasteiger partial charge in [-0.2, -0.15) is 0 Å². The molecule has 5 heteroatoms. The normalized spacial score (nSPS) is 12.1. The number of benzene rings is 1. The Morgan fingerprint density at radius 2 is 2.00 bits per heavy atom. The van der Waals surface area contributed by atoms with Crippen molar-refractivity contribution >= 4 is 21.9 Å². The van der Waals surface area contributed by atoms with Crippen molar-refractivity contribution in [3.05, 3.63) is 58.1 Å². The molecule has 1 heterocycles. The van der Waals surface area contributed by atoms with Gasteiger partial charge in [0, 0.05) is 10.2 Å². The molecule has 0 bridgehead atoms. The second-order valence-corrected chi connectivity index (χ2v) is 5.42. The van der Waals surface area contributed by atoms with E-state index in [0.717, 1.165) is 22.2 Å². The van der Waals surface area contributed by atoms with Gasteiger partial charge in [-0.1, -0.05) is 35.0 Å². The Hall–Kier alpha value is -1.75. The van der Waals surface area contributed by atoms with Crippen LogP contribution in [0.2, 0.25) is 0 Å². The summed E-state index contributed by atoms with van der Waals surface area (Å²) >= 11 is 3.37. The molecule has 0 saturated heterocycles. The van der Waals surface area contributed by atoms with Crippen LogP contribution in [0.15, 0.2) is 41.1 Å². The molecule has 104 valence electrons. The molecule has 1 aromatic heterocycles. The highest BCUT2D eigenvalue weighted by Gasteiger charge is 2.22. The van der Waals surface area contributed by atoms with Crippen molar-refractivity contribution in [3.63, 3.8) is 0 Å². The fourth-order valence-corrected chi connectivity index (χ4v) is 2.24. The van der Waals surface area contributed by atoms with E-state index in [4.69, 9.17) is 0 Å². The van der Waals surface area contributed by atoms with Gasteiger partial charge < -0.3 is 5.11 Å². The van der Waals surface area contributed by atoms with Crippen LogP contribution in [0.3, 0.4) is 0 Å². The van der Waals surface area contributed by atoms with E-state index in [0.29, 0.717) is 12.1 Å². The zero-order valence-corrected chi connectivity index (χ0v) is 12.7. The summed E-state index contributed by atoms with van der Waals surface area (Å²) < 4.78 is 0.975. The van der Waals surface area contributed by atoms with Gasteiger partial charge >= 0.3 is 5.97 Å². The standard InChI is InChI=1S/C15H15BrN2O2/c1-2-12-8-14(18-9-17-12)13(15(19)20)7-10-3-5-11(16)6-4-10/h3-6,8-9,13H,2,7H2,1H3,(H,19,20). The smallest absolute Gasteiger partial charge is 0.312 e. The summed E-state index contributed by atoms with van der Waals surface area (Å²) in [6, 6.07) is 9.43. The summed E-state index contributed by atoms with van der Waals surface area (Å²) in [5, 5.41) is 9.44. The molecule has 0 fully saturated rings. The first-order chi connectivity index (χ1) is 9.60. The minimum Gasteiger partial charge on any atom is -0.481 e. The number of aromatic nitrogens is 2. The number of aliphatic carboxylic acids is 1. The summed E-state index contributed by atoms with van der Waals surface area (Å²) in [4.78, 5) is 19.7. The predicted molar refractivity (Wildman–Crippen MR) is 79.6 cm³/mol. The molecule has 0 spiro atoms. The Kier molecular flexibility index (Phi) is 4.84. The average Bonchev–Trinajstić information content (AvgIpc) is 2.46. The number of carboxylic acids is 1. The summed E-state index contributed by atoms with van der Waals surface area (Å²) in [5.74, 6) is -1.52. The van der Waals surface area contributed by atoms with Gasteiger partial charge in [-0.05, 0) is 36.6 Å². The van der Waals surface area contributed by atoms with Crippen LogP contribution in [0.5, 0.6) is 0 Å². The highest BCUT2D eigenvalue weighted by molar-refractivity contribution is 9.10. The quantitative estimate of drug-likeness (QED) is 0.911. The van der Waals surface area contributed by atoms with Crippen LogP contribution in [0, 0.1) is 0 Å². The van der Waals surface area contributed by atoms with E-state index in [2.05, 4.69) is 25.9 Å². The molecule has 1 atom stereocenters. The predicted octanol–water partition coefficient (Wildman–Crippen LogP) is 3.21. The molecule has 0 aliphatic rings. The van der Waals surface area contributed by atoms with E-state index in [1.165, 1.54) is 6.33 Å². The number of hydrogen-bond donors (Lipinski definition) is 1. The van der Waals surface area contributed by atoms with Crippen molar-refractivity contribution in [3.8, 4) is 0 Å². The van der Waals surface area contributed by atoms with Crippen molar-refractivity contribution in [2.75, 3.05) is 0 Å². The molecule has 0 radical (unpaired) electrons. The number of rotatable bonds is 5. The lowest BCUT2D eigenvalue weighted by Crippen LogP contribution is -2.16. The third kappa shape index (κ3) is 3.63. The zero-order valence-electron chi connectivity index (χ0n) is 11.1. The largest absolute Gasteiger partial charge is 0.481 e. The first kappa shape index (κ1) is 14.7. The molecule has 0 aliphatic carbocycles. The molecule has 1 N–H and O–H groups in total. The lowest BCUT2D eigenvalue weighted by molar-refractivity contribution is -0.138. The SMILES string of the molecule is CCc1cc(C(Cc2ccc(Br)cc2)C(=O)O)ncn1. The monoisotopic (exact) mass is 334 g/mol. The number of nitrogens with zero attached hydrogens (tertiary/aromatic N) is 2. The van der Waals surface area contributed by atoms with Crippen molar-refractivity contribution in [2.45, 2.75) is 25.7 Å². The number of halogens is 1. The van der Waals surface area contributed by atoms with Crippen molar-refractivity contribution < 1.29 is 9.90 Å². The fourth-order valence-electron chi connectivity index (χ4n) is 1.97. The summed E-state index contributed by atoms with van der Waals surface area (Å²) in [5.41, 5.74) is 2.39. The molecular formula is C15H15BrN2O2. The molecule has 4 nitrogen and oxygen atoms in total. The van der Waals surface area contributed by atoms with Crippen LogP contribution < -0.4 is 0 Å². The Bertz CT molecular complexity index is 599. The van der Waals surface area contributed by atoms with Gasteiger partial charge in [0.1, 0.15) is 12.2 Å². The number of aryl methyl sites for hydroxylation is 1. The van der Waals surface area contributed by atoms with E-state index in [-0.39, 0.29) is 0 Å². The maximum absolute atomic E-state index is 11.5. The summed E-state index contributed by atoms with van der Waals surface area (Å²) in [7, 11) is 0. The van der Waals surface area contributed by atoms with Gasteiger partial charge in [-0.15, -0.1) is 0 Å². The molecule has 0 saturated carbocycles. The van der Waals surface area contributed by atoms with E-state index in [1.54, 1.807) is 6.07 Å². The first-order valence-electron chi connectivity index (χ1n) is 6.38. The number of carbonyl (C=O) groups is 1. The fraction of sp³-hybridized carbons (Fsp3) is 0.267. The van der Waals surface area contributed by atoms with Gasteiger partial charge in [-0.3, -0.25) is 4.79 Å². The zero-order chi connectivity index (χ0) is 14.5. The highest BCUT2D eigenvalue weighted by Crippen LogP contribution is 2.21. The maximum Gasteiger partial charge on any atom is 0.312 e. The number of carboxylic acid groups (broad SMARTS) is 1. The Labute approximate surface area is 126 Å². The lowest BCUT2D eigenvalue weighted by atomic mass is 9.95. The Balaban J connectivity index is 2.26. The van der Waals surface area contributed by atoms with E-state index < -0.39 is 11.9 Å². The minimum absolute atomic E-state index is 0.419. The molecule has 1 aromatic carbocycles. The Morgan fingerprint density at radius 1 is 1.30 bits per heavy atom. The van der Waals surface area contributed by atoms with Crippen LogP contribution in [0.1, 0.15) is 29.8 Å². The third-order valence-corrected chi connectivity index (χ3v) is 3.64. The highest BCUT2D eigenvalue weighted by atomic mass is 79.9. The molecule has 20 heavy (non-hydrogen) atoms. The van der Waals surface area contributed by atoms with E-state index >= 15 is 0 Å². The lowest BCUT2D eigenvalue weighted by Gasteiger charge is -2.12. The molecule has 2 aromatic rings. The summed E-state index contributed by atoms with van der Waals surface area (Å²) in [6.07, 6.45) is 2.62. The second-order valence-electron chi connectivity index (χ2n) is 4.51. The van der Waals surface area contributed by atoms with Crippen molar-refractivity contribution in [2.24, 2.45) is 0 Å².